The van der Waals surface area contributed by atoms with E-state index in [2.05, 4.69) is 53.8 Å². The van der Waals surface area contributed by atoms with Crippen LogP contribution in [0.2, 0.25) is 0 Å². The van der Waals surface area contributed by atoms with Gasteiger partial charge in [0.15, 0.2) is 0 Å². The molecule has 0 radical (unpaired) electrons. The van der Waals surface area contributed by atoms with Gasteiger partial charge in [0.2, 0.25) is 0 Å². The van der Waals surface area contributed by atoms with Crippen molar-refractivity contribution in [3.05, 3.63) is 72.3 Å². The van der Waals surface area contributed by atoms with Crippen LogP contribution in [-0.2, 0) is 6.54 Å². The van der Waals surface area contributed by atoms with Crippen molar-refractivity contribution in [2.45, 2.75) is 13.5 Å². The summed E-state index contributed by atoms with van der Waals surface area (Å²) in [6.45, 7) is 3.46. The molecule has 0 saturated heterocycles. The molecule has 3 rings (SSSR count). The number of nitrogens with one attached hydrogen (secondary N) is 1. The second kappa shape index (κ2) is 6.31. The monoisotopic (exact) mass is 277 g/mol. The first-order valence-electron chi connectivity index (χ1n) is 7.31. The number of fused-ring (bicyclic) bond motifs is 1. The summed E-state index contributed by atoms with van der Waals surface area (Å²) in [5, 5.41) is 6.05. The van der Waals surface area contributed by atoms with E-state index in [0.29, 0.717) is 6.61 Å². The first-order valence-corrected chi connectivity index (χ1v) is 7.31. The molecule has 2 nitrogen and oxygen atoms in total. The maximum absolute atomic E-state index is 5.65. The summed E-state index contributed by atoms with van der Waals surface area (Å²) in [6, 6.07) is 22.9. The molecule has 0 bridgehead atoms. The number of benzene rings is 3. The van der Waals surface area contributed by atoms with Gasteiger partial charge in [-0.2, -0.15) is 0 Å². The second-order valence-electron chi connectivity index (χ2n) is 4.92. The molecular weight excluding hydrogens is 258 g/mol. The summed E-state index contributed by atoms with van der Waals surface area (Å²) >= 11 is 0. The van der Waals surface area contributed by atoms with Gasteiger partial charge in [0.25, 0.3) is 0 Å². The van der Waals surface area contributed by atoms with Crippen molar-refractivity contribution in [3.8, 4) is 5.75 Å². The molecule has 0 amide bonds. The van der Waals surface area contributed by atoms with Crippen LogP contribution in [0.5, 0.6) is 5.75 Å². The van der Waals surface area contributed by atoms with Crippen molar-refractivity contribution >= 4 is 16.5 Å². The standard InChI is InChI=1S/C19H19NO/c1-2-21-19-13-6-5-12-18(19)20-14-16-10-7-9-15-8-3-4-11-17(15)16/h3-13,20H,2,14H2,1H3. The lowest BCUT2D eigenvalue weighted by molar-refractivity contribution is 0.341. The highest BCUT2D eigenvalue weighted by molar-refractivity contribution is 5.85. The van der Waals surface area contributed by atoms with Crippen LogP contribution in [0.1, 0.15) is 12.5 Å². The maximum atomic E-state index is 5.65. The van der Waals surface area contributed by atoms with Crippen molar-refractivity contribution < 1.29 is 4.74 Å². The third kappa shape index (κ3) is 3.00. The summed E-state index contributed by atoms with van der Waals surface area (Å²) in [5.74, 6) is 0.903. The third-order valence-corrected chi connectivity index (χ3v) is 3.54. The van der Waals surface area contributed by atoms with Crippen molar-refractivity contribution in [1.82, 2.24) is 0 Å². The summed E-state index contributed by atoms with van der Waals surface area (Å²) in [5.41, 5.74) is 2.33. The molecular formula is C19H19NO. The summed E-state index contributed by atoms with van der Waals surface area (Å²) in [4.78, 5) is 0. The highest BCUT2D eigenvalue weighted by atomic mass is 16.5. The smallest absolute Gasteiger partial charge is 0.142 e. The fourth-order valence-corrected chi connectivity index (χ4v) is 2.53. The molecule has 0 atom stereocenters. The van der Waals surface area contributed by atoms with Crippen LogP contribution in [0.4, 0.5) is 5.69 Å². The maximum Gasteiger partial charge on any atom is 0.142 e. The molecule has 1 N–H and O–H groups in total. The zero-order valence-electron chi connectivity index (χ0n) is 12.2. The number of anilines is 1. The van der Waals surface area contributed by atoms with E-state index in [-0.39, 0.29) is 0 Å². The molecule has 0 aromatic heterocycles. The fraction of sp³-hybridized carbons (Fsp3) is 0.158. The van der Waals surface area contributed by atoms with Crippen molar-refractivity contribution in [1.29, 1.82) is 0 Å². The van der Waals surface area contributed by atoms with Crippen LogP contribution in [0.25, 0.3) is 10.8 Å². The van der Waals surface area contributed by atoms with Crippen LogP contribution in [0.3, 0.4) is 0 Å². The SMILES string of the molecule is CCOc1ccccc1NCc1cccc2ccccc12. The zero-order valence-corrected chi connectivity index (χ0v) is 12.2. The highest BCUT2D eigenvalue weighted by Crippen LogP contribution is 2.25. The molecule has 0 heterocycles. The summed E-state index contributed by atoms with van der Waals surface area (Å²) in [7, 11) is 0. The molecule has 106 valence electrons. The minimum atomic E-state index is 0.674. The quantitative estimate of drug-likeness (QED) is 0.719. The Kier molecular flexibility index (Phi) is 4.06. The van der Waals surface area contributed by atoms with E-state index >= 15 is 0 Å². The Morgan fingerprint density at radius 2 is 1.62 bits per heavy atom. The molecule has 0 spiro atoms. The predicted octanol–water partition coefficient (Wildman–Crippen LogP) is 4.85. The third-order valence-electron chi connectivity index (χ3n) is 3.54. The van der Waals surface area contributed by atoms with Gasteiger partial charge in [0, 0.05) is 6.54 Å². The Hall–Kier alpha value is -2.48. The first kappa shape index (κ1) is 13.5. The van der Waals surface area contributed by atoms with Gasteiger partial charge in [-0.05, 0) is 35.4 Å². The van der Waals surface area contributed by atoms with E-state index in [9.17, 15) is 0 Å². The molecule has 0 fully saturated rings. The molecule has 0 aliphatic carbocycles. The molecule has 3 aromatic rings. The Labute approximate surface area is 125 Å². The number of hydrogen-bond acceptors (Lipinski definition) is 2. The lowest BCUT2D eigenvalue weighted by Crippen LogP contribution is -2.03. The summed E-state index contributed by atoms with van der Waals surface area (Å²) < 4.78 is 5.65. The molecule has 0 aliphatic rings. The molecule has 0 aliphatic heterocycles. The largest absolute Gasteiger partial charge is 0.492 e. The zero-order chi connectivity index (χ0) is 14.5. The van der Waals surface area contributed by atoms with Gasteiger partial charge in [0.1, 0.15) is 5.75 Å². The van der Waals surface area contributed by atoms with E-state index < -0.39 is 0 Å². The lowest BCUT2D eigenvalue weighted by Gasteiger charge is -2.13. The molecule has 3 aromatic carbocycles. The van der Waals surface area contributed by atoms with E-state index in [0.717, 1.165) is 18.0 Å². The van der Waals surface area contributed by atoms with Gasteiger partial charge in [-0.3, -0.25) is 0 Å². The topological polar surface area (TPSA) is 21.3 Å². The van der Waals surface area contributed by atoms with Crippen molar-refractivity contribution in [2.24, 2.45) is 0 Å². The fourth-order valence-electron chi connectivity index (χ4n) is 2.53. The second-order valence-corrected chi connectivity index (χ2v) is 4.92. The van der Waals surface area contributed by atoms with E-state index in [1.807, 2.05) is 25.1 Å². The van der Waals surface area contributed by atoms with Gasteiger partial charge in [-0.15, -0.1) is 0 Å². The Balaban J connectivity index is 1.84. The average Bonchev–Trinajstić information content (AvgIpc) is 2.54. The number of para-hydroxylation sites is 2. The van der Waals surface area contributed by atoms with Crippen LogP contribution in [0, 0.1) is 0 Å². The Morgan fingerprint density at radius 1 is 0.857 bits per heavy atom. The summed E-state index contributed by atoms with van der Waals surface area (Å²) in [6.07, 6.45) is 0. The van der Waals surface area contributed by atoms with Crippen molar-refractivity contribution in [3.63, 3.8) is 0 Å². The van der Waals surface area contributed by atoms with E-state index in [1.54, 1.807) is 0 Å². The van der Waals surface area contributed by atoms with Crippen LogP contribution < -0.4 is 10.1 Å². The molecule has 21 heavy (non-hydrogen) atoms. The van der Waals surface area contributed by atoms with E-state index in [1.165, 1.54) is 16.3 Å². The number of rotatable bonds is 5. The van der Waals surface area contributed by atoms with Gasteiger partial charge in [0.05, 0.1) is 12.3 Å². The average molecular weight is 277 g/mol. The lowest BCUT2D eigenvalue weighted by atomic mass is 10.0. The normalized spacial score (nSPS) is 10.5. The van der Waals surface area contributed by atoms with Gasteiger partial charge < -0.3 is 10.1 Å². The minimum Gasteiger partial charge on any atom is -0.492 e. The van der Waals surface area contributed by atoms with Gasteiger partial charge in [-0.25, -0.2) is 0 Å². The minimum absolute atomic E-state index is 0.674. The highest BCUT2D eigenvalue weighted by Gasteiger charge is 2.04. The van der Waals surface area contributed by atoms with Gasteiger partial charge >= 0.3 is 0 Å². The van der Waals surface area contributed by atoms with Crippen LogP contribution in [0.15, 0.2) is 66.7 Å². The van der Waals surface area contributed by atoms with Crippen LogP contribution >= 0.6 is 0 Å². The van der Waals surface area contributed by atoms with Gasteiger partial charge in [-0.1, -0.05) is 54.6 Å². The molecule has 2 heteroatoms. The Morgan fingerprint density at radius 3 is 2.52 bits per heavy atom. The number of ether oxygens (including phenoxy) is 1. The number of hydrogen-bond donors (Lipinski definition) is 1. The first-order chi connectivity index (χ1) is 10.4. The predicted molar refractivity (Wildman–Crippen MR) is 88.9 cm³/mol. The Bertz CT molecular complexity index is 731. The molecule has 0 saturated carbocycles. The van der Waals surface area contributed by atoms with E-state index in [4.69, 9.17) is 4.74 Å². The molecule has 0 unspecified atom stereocenters. The van der Waals surface area contributed by atoms with Crippen LogP contribution in [-0.4, -0.2) is 6.61 Å². The van der Waals surface area contributed by atoms with Crippen molar-refractivity contribution in [2.75, 3.05) is 11.9 Å².